The Labute approximate surface area is 121 Å². The molecule has 0 aromatic carbocycles. The van der Waals surface area contributed by atoms with Crippen LogP contribution in [-0.2, 0) is 11.2 Å². The van der Waals surface area contributed by atoms with Gasteiger partial charge in [0.05, 0.1) is 6.61 Å². The van der Waals surface area contributed by atoms with E-state index in [1.165, 1.54) is 25.7 Å². The third-order valence-electron chi connectivity index (χ3n) is 4.07. The molecule has 0 radical (unpaired) electrons. The van der Waals surface area contributed by atoms with E-state index in [-0.39, 0.29) is 6.04 Å². The quantitative estimate of drug-likeness (QED) is 0.832. The molecule has 3 unspecified atom stereocenters. The van der Waals surface area contributed by atoms with Crippen molar-refractivity contribution in [3.8, 4) is 0 Å². The zero-order valence-electron chi connectivity index (χ0n) is 12.9. The monoisotopic (exact) mass is 281 g/mol. The minimum absolute atomic E-state index is 0.239. The summed E-state index contributed by atoms with van der Waals surface area (Å²) >= 11 is 0. The van der Waals surface area contributed by atoms with Crippen LogP contribution < -0.4 is 5.32 Å². The van der Waals surface area contributed by atoms with E-state index in [9.17, 15) is 0 Å². The topological polar surface area (TPSA) is 60.2 Å². The Morgan fingerprint density at radius 3 is 3.00 bits per heavy atom. The number of ether oxygens (including phenoxy) is 1. The molecule has 114 valence electrons. The lowest BCUT2D eigenvalue weighted by atomic mass is 9.82. The van der Waals surface area contributed by atoms with Crippen LogP contribution in [0.25, 0.3) is 0 Å². The predicted octanol–water partition coefficient (Wildman–Crippen LogP) is 2.53. The first-order valence-electron chi connectivity index (χ1n) is 7.77. The number of nitrogens with zero attached hydrogens (tertiary/aromatic N) is 2. The van der Waals surface area contributed by atoms with Crippen molar-refractivity contribution in [2.45, 2.75) is 57.9 Å². The van der Waals surface area contributed by atoms with Crippen LogP contribution in [0.1, 0.15) is 57.2 Å². The fourth-order valence-corrected chi connectivity index (χ4v) is 3.08. The summed E-state index contributed by atoms with van der Waals surface area (Å²) in [6.45, 7) is 5.97. The Bertz CT molecular complexity index is 388. The van der Waals surface area contributed by atoms with Crippen molar-refractivity contribution in [1.82, 2.24) is 15.5 Å². The molecule has 1 aliphatic rings. The molecule has 0 bridgehead atoms. The average molecular weight is 281 g/mol. The summed E-state index contributed by atoms with van der Waals surface area (Å²) in [5.41, 5.74) is 0. The van der Waals surface area contributed by atoms with Crippen molar-refractivity contribution in [2.75, 3.05) is 20.3 Å². The molecule has 1 heterocycles. The third-order valence-corrected chi connectivity index (χ3v) is 4.07. The van der Waals surface area contributed by atoms with Crippen LogP contribution in [0.3, 0.4) is 0 Å². The molecular weight excluding hydrogens is 254 g/mol. The van der Waals surface area contributed by atoms with Crippen LogP contribution in [0.5, 0.6) is 0 Å². The third kappa shape index (κ3) is 4.28. The molecule has 1 fully saturated rings. The van der Waals surface area contributed by atoms with Gasteiger partial charge in [-0.25, -0.2) is 0 Å². The van der Waals surface area contributed by atoms with E-state index in [0.717, 1.165) is 30.6 Å². The molecular formula is C15H27N3O2. The standard InChI is InChI=1S/C15H27N3O2/c1-4-16-13(10-19-3)9-14-17-15(18-20-14)12-7-5-6-11(2)8-12/h11-13,16H,4-10H2,1-3H3. The van der Waals surface area contributed by atoms with Crippen LogP contribution in [-0.4, -0.2) is 36.4 Å². The van der Waals surface area contributed by atoms with Gasteiger partial charge in [0.1, 0.15) is 0 Å². The number of methoxy groups -OCH3 is 1. The fraction of sp³-hybridized carbons (Fsp3) is 0.867. The number of rotatable bonds is 7. The molecule has 1 aromatic rings. The molecule has 1 aromatic heterocycles. The van der Waals surface area contributed by atoms with Crippen molar-refractivity contribution < 1.29 is 9.26 Å². The molecule has 1 N–H and O–H groups in total. The van der Waals surface area contributed by atoms with Gasteiger partial charge in [-0.05, 0) is 25.3 Å². The van der Waals surface area contributed by atoms with Gasteiger partial charge in [-0.15, -0.1) is 0 Å². The minimum Gasteiger partial charge on any atom is -0.383 e. The van der Waals surface area contributed by atoms with Gasteiger partial charge in [0.2, 0.25) is 5.89 Å². The molecule has 0 saturated heterocycles. The lowest BCUT2D eigenvalue weighted by Gasteiger charge is -2.23. The summed E-state index contributed by atoms with van der Waals surface area (Å²) in [5.74, 6) is 2.88. The molecule has 0 spiro atoms. The van der Waals surface area contributed by atoms with Gasteiger partial charge in [0.25, 0.3) is 0 Å². The second-order valence-corrected chi connectivity index (χ2v) is 5.93. The summed E-state index contributed by atoms with van der Waals surface area (Å²) in [7, 11) is 1.72. The van der Waals surface area contributed by atoms with Gasteiger partial charge < -0.3 is 14.6 Å². The molecule has 0 amide bonds. The van der Waals surface area contributed by atoms with E-state index in [1.54, 1.807) is 7.11 Å². The first-order chi connectivity index (χ1) is 9.72. The van der Waals surface area contributed by atoms with Gasteiger partial charge in [-0.3, -0.25) is 0 Å². The highest BCUT2D eigenvalue weighted by Crippen LogP contribution is 2.34. The highest BCUT2D eigenvalue weighted by atomic mass is 16.5. The van der Waals surface area contributed by atoms with E-state index in [2.05, 4.69) is 29.3 Å². The average Bonchev–Trinajstić information content (AvgIpc) is 2.88. The van der Waals surface area contributed by atoms with Crippen LogP contribution in [0, 0.1) is 5.92 Å². The van der Waals surface area contributed by atoms with Gasteiger partial charge >= 0.3 is 0 Å². The number of aromatic nitrogens is 2. The van der Waals surface area contributed by atoms with Crippen molar-refractivity contribution in [2.24, 2.45) is 5.92 Å². The maximum atomic E-state index is 5.42. The van der Waals surface area contributed by atoms with E-state index < -0.39 is 0 Å². The maximum absolute atomic E-state index is 5.42. The summed E-state index contributed by atoms with van der Waals surface area (Å²) < 4.78 is 10.6. The van der Waals surface area contributed by atoms with Crippen molar-refractivity contribution >= 4 is 0 Å². The summed E-state index contributed by atoms with van der Waals surface area (Å²) in [6.07, 6.45) is 5.72. The van der Waals surface area contributed by atoms with E-state index in [0.29, 0.717) is 12.5 Å². The molecule has 5 heteroatoms. The smallest absolute Gasteiger partial charge is 0.228 e. The largest absolute Gasteiger partial charge is 0.383 e. The SMILES string of the molecule is CCNC(COC)Cc1nc(C2CCCC(C)C2)no1. The molecule has 1 saturated carbocycles. The number of hydrogen-bond acceptors (Lipinski definition) is 5. The number of hydrogen-bond donors (Lipinski definition) is 1. The molecule has 0 aliphatic heterocycles. The Morgan fingerprint density at radius 1 is 1.45 bits per heavy atom. The Hall–Kier alpha value is -0.940. The zero-order chi connectivity index (χ0) is 14.4. The lowest BCUT2D eigenvalue weighted by Crippen LogP contribution is -2.35. The molecule has 5 nitrogen and oxygen atoms in total. The molecule has 2 rings (SSSR count). The Balaban J connectivity index is 1.93. The van der Waals surface area contributed by atoms with Crippen molar-refractivity contribution in [3.05, 3.63) is 11.7 Å². The Morgan fingerprint density at radius 2 is 2.30 bits per heavy atom. The first-order valence-corrected chi connectivity index (χ1v) is 7.77. The van der Waals surface area contributed by atoms with Crippen molar-refractivity contribution in [3.63, 3.8) is 0 Å². The second kappa shape index (κ2) is 7.74. The lowest BCUT2D eigenvalue weighted by molar-refractivity contribution is 0.162. The highest BCUT2D eigenvalue weighted by Gasteiger charge is 2.25. The van der Waals surface area contributed by atoms with E-state index in [4.69, 9.17) is 9.26 Å². The summed E-state index contributed by atoms with van der Waals surface area (Å²) in [6, 6.07) is 0.239. The predicted molar refractivity (Wildman–Crippen MR) is 77.7 cm³/mol. The number of nitrogens with one attached hydrogen (secondary N) is 1. The zero-order valence-corrected chi connectivity index (χ0v) is 12.9. The fourth-order valence-electron chi connectivity index (χ4n) is 3.08. The van der Waals surface area contributed by atoms with Crippen LogP contribution in [0.2, 0.25) is 0 Å². The normalized spacial score (nSPS) is 24.8. The van der Waals surface area contributed by atoms with E-state index in [1.807, 2.05) is 0 Å². The van der Waals surface area contributed by atoms with Crippen molar-refractivity contribution in [1.29, 1.82) is 0 Å². The maximum Gasteiger partial charge on any atom is 0.228 e. The van der Waals surface area contributed by atoms with Gasteiger partial charge in [-0.2, -0.15) is 4.98 Å². The number of likely N-dealkylation sites (N-methyl/N-ethyl adjacent to an activating group) is 1. The highest BCUT2D eigenvalue weighted by molar-refractivity contribution is 4.98. The van der Waals surface area contributed by atoms with Gasteiger partial charge in [0.15, 0.2) is 5.82 Å². The summed E-state index contributed by atoms with van der Waals surface area (Å²) in [5, 5.41) is 7.57. The first kappa shape index (κ1) is 15.4. The molecule has 1 aliphatic carbocycles. The van der Waals surface area contributed by atoms with Crippen LogP contribution in [0.4, 0.5) is 0 Å². The van der Waals surface area contributed by atoms with Gasteiger partial charge in [0, 0.05) is 25.5 Å². The van der Waals surface area contributed by atoms with E-state index >= 15 is 0 Å². The second-order valence-electron chi connectivity index (χ2n) is 5.93. The summed E-state index contributed by atoms with van der Waals surface area (Å²) in [4.78, 5) is 4.60. The minimum atomic E-state index is 0.239. The molecule has 3 atom stereocenters. The van der Waals surface area contributed by atoms with Crippen LogP contribution >= 0.6 is 0 Å². The molecule has 20 heavy (non-hydrogen) atoms. The van der Waals surface area contributed by atoms with Gasteiger partial charge in [-0.1, -0.05) is 31.8 Å². The Kier molecular flexibility index (Phi) is 5.98. The van der Waals surface area contributed by atoms with Crippen LogP contribution in [0.15, 0.2) is 4.52 Å².